The normalized spacial score (nSPS) is 27.5. The van der Waals surface area contributed by atoms with Crippen molar-refractivity contribution in [3.63, 3.8) is 0 Å². The highest BCUT2D eigenvalue weighted by molar-refractivity contribution is 5.89. The fourth-order valence-electron chi connectivity index (χ4n) is 4.38. The highest BCUT2D eigenvalue weighted by Gasteiger charge is 2.39. The van der Waals surface area contributed by atoms with Crippen molar-refractivity contribution in [3.8, 4) is 0 Å². The molecule has 2 aliphatic heterocycles. The Balaban J connectivity index is 1.35. The van der Waals surface area contributed by atoms with Gasteiger partial charge in [-0.2, -0.15) is 0 Å². The number of rotatable bonds is 3. The van der Waals surface area contributed by atoms with Crippen LogP contribution in [-0.2, 0) is 22.6 Å². The molecule has 2 atom stereocenters. The number of likely N-dealkylation sites (tertiary alicyclic amines) is 1. The van der Waals surface area contributed by atoms with E-state index in [-0.39, 0.29) is 23.8 Å². The van der Waals surface area contributed by atoms with E-state index in [0.717, 1.165) is 43.9 Å². The molecular weight excluding hydrogens is 306 g/mol. The van der Waals surface area contributed by atoms with E-state index in [2.05, 4.69) is 20.1 Å². The summed E-state index contributed by atoms with van der Waals surface area (Å²) < 4.78 is 2.08. The zero-order valence-corrected chi connectivity index (χ0v) is 14.2. The molecule has 1 aromatic heterocycles. The zero-order chi connectivity index (χ0) is 16.7. The van der Waals surface area contributed by atoms with E-state index in [1.807, 2.05) is 11.8 Å². The molecular formula is C17H25N5O2. The van der Waals surface area contributed by atoms with Crippen LogP contribution < -0.4 is 5.32 Å². The molecule has 4 rings (SSSR count). The molecule has 24 heavy (non-hydrogen) atoms. The van der Waals surface area contributed by atoms with Gasteiger partial charge in [0.2, 0.25) is 11.8 Å². The average Bonchev–Trinajstić information content (AvgIpc) is 3.28. The maximum Gasteiger partial charge on any atom is 0.225 e. The number of nitrogens with zero attached hydrogens (tertiary/aromatic N) is 4. The molecule has 0 radical (unpaired) electrons. The number of aryl methyl sites for hydroxylation is 2. The first-order valence-electron chi connectivity index (χ1n) is 9.10. The number of hydrogen-bond acceptors (Lipinski definition) is 4. The van der Waals surface area contributed by atoms with E-state index in [9.17, 15) is 9.59 Å². The lowest BCUT2D eigenvalue weighted by Crippen LogP contribution is -2.44. The highest BCUT2D eigenvalue weighted by atomic mass is 16.2. The lowest BCUT2D eigenvalue weighted by atomic mass is 10.0. The number of carbonyl (C=O) groups is 2. The first-order chi connectivity index (χ1) is 11.6. The van der Waals surface area contributed by atoms with Crippen LogP contribution >= 0.6 is 0 Å². The molecule has 0 aromatic carbocycles. The molecule has 1 saturated carbocycles. The smallest absolute Gasteiger partial charge is 0.225 e. The highest BCUT2D eigenvalue weighted by Crippen LogP contribution is 2.29. The molecule has 130 valence electrons. The Labute approximate surface area is 141 Å². The van der Waals surface area contributed by atoms with Crippen LogP contribution in [0.15, 0.2) is 0 Å². The van der Waals surface area contributed by atoms with Gasteiger partial charge >= 0.3 is 0 Å². The van der Waals surface area contributed by atoms with Crippen molar-refractivity contribution >= 4 is 11.8 Å². The van der Waals surface area contributed by atoms with Crippen LogP contribution in [0.1, 0.15) is 50.2 Å². The third-order valence-corrected chi connectivity index (χ3v) is 5.77. The number of nitrogens with one attached hydrogen (secondary N) is 1. The summed E-state index contributed by atoms with van der Waals surface area (Å²) in [6, 6.07) is 0.475. The minimum Gasteiger partial charge on any atom is -0.351 e. The van der Waals surface area contributed by atoms with Gasteiger partial charge in [-0.05, 0) is 26.2 Å². The maximum atomic E-state index is 12.6. The summed E-state index contributed by atoms with van der Waals surface area (Å²) in [5.41, 5.74) is 0. The molecule has 7 nitrogen and oxygen atoms in total. The summed E-state index contributed by atoms with van der Waals surface area (Å²) in [6.07, 6.45) is 6.69. The average molecular weight is 331 g/mol. The van der Waals surface area contributed by atoms with Crippen LogP contribution in [0.4, 0.5) is 0 Å². The van der Waals surface area contributed by atoms with Gasteiger partial charge in [0.15, 0.2) is 0 Å². The SMILES string of the molecule is Cc1nnc2n1C[C@@H](NC(=O)[C@@H]1CC(=O)N(C3CCCC3)C1)CC2. The summed E-state index contributed by atoms with van der Waals surface area (Å²) in [5, 5.41) is 11.4. The van der Waals surface area contributed by atoms with E-state index >= 15 is 0 Å². The summed E-state index contributed by atoms with van der Waals surface area (Å²) >= 11 is 0. The molecule has 3 aliphatic rings. The standard InChI is InChI=1S/C17H25N5O2/c1-11-19-20-15-7-6-13(10-21(11)15)18-17(24)12-8-16(23)22(9-12)14-4-2-3-5-14/h12-14H,2-10H2,1H3,(H,18,24)/t12-,13+/m1/s1. The fraction of sp³-hybridized carbons (Fsp3) is 0.765. The molecule has 3 heterocycles. The van der Waals surface area contributed by atoms with Crippen LogP contribution in [0, 0.1) is 12.8 Å². The summed E-state index contributed by atoms with van der Waals surface area (Å²) in [7, 11) is 0. The lowest BCUT2D eigenvalue weighted by Gasteiger charge is -2.27. The van der Waals surface area contributed by atoms with Crippen molar-refractivity contribution in [3.05, 3.63) is 11.6 Å². The third kappa shape index (κ3) is 2.80. The molecule has 1 aliphatic carbocycles. The first kappa shape index (κ1) is 15.6. The number of aromatic nitrogens is 3. The van der Waals surface area contributed by atoms with Gasteiger partial charge < -0.3 is 14.8 Å². The zero-order valence-electron chi connectivity index (χ0n) is 14.2. The summed E-state index contributed by atoms with van der Waals surface area (Å²) in [4.78, 5) is 26.8. The Morgan fingerprint density at radius 1 is 1.17 bits per heavy atom. The lowest BCUT2D eigenvalue weighted by molar-refractivity contribution is -0.130. The topological polar surface area (TPSA) is 80.1 Å². The van der Waals surface area contributed by atoms with E-state index in [0.29, 0.717) is 19.0 Å². The molecule has 1 aromatic rings. The van der Waals surface area contributed by atoms with Gasteiger partial charge in [-0.3, -0.25) is 9.59 Å². The second-order valence-electron chi connectivity index (χ2n) is 7.40. The van der Waals surface area contributed by atoms with Gasteiger partial charge in [0.05, 0.1) is 5.92 Å². The summed E-state index contributed by atoms with van der Waals surface area (Å²) in [6.45, 7) is 3.27. The molecule has 1 N–H and O–H groups in total. The van der Waals surface area contributed by atoms with Crippen molar-refractivity contribution in [1.29, 1.82) is 0 Å². The van der Waals surface area contributed by atoms with Gasteiger partial charge in [0, 0.05) is 38.0 Å². The maximum absolute atomic E-state index is 12.6. The van der Waals surface area contributed by atoms with Gasteiger partial charge in [0.1, 0.15) is 11.6 Å². The van der Waals surface area contributed by atoms with Crippen molar-refractivity contribution in [2.75, 3.05) is 6.54 Å². The summed E-state index contributed by atoms with van der Waals surface area (Å²) in [5.74, 6) is 1.89. The Morgan fingerprint density at radius 2 is 1.96 bits per heavy atom. The quantitative estimate of drug-likeness (QED) is 0.889. The molecule has 2 amide bonds. The van der Waals surface area contributed by atoms with E-state index in [4.69, 9.17) is 0 Å². The number of carbonyl (C=O) groups excluding carboxylic acids is 2. The van der Waals surface area contributed by atoms with E-state index in [1.54, 1.807) is 0 Å². The van der Waals surface area contributed by atoms with Crippen molar-refractivity contribution in [1.82, 2.24) is 25.0 Å². The predicted octanol–water partition coefficient (Wildman–Crippen LogP) is 0.809. The Bertz CT molecular complexity index is 649. The van der Waals surface area contributed by atoms with Gasteiger partial charge in [-0.25, -0.2) is 0 Å². The van der Waals surface area contributed by atoms with Crippen LogP contribution in [0.25, 0.3) is 0 Å². The number of hydrogen-bond donors (Lipinski definition) is 1. The minimum atomic E-state index is -0.193. The van der Waals surface area contributed by atoms with E-state index < -0.39 is 0 Å². The molecule has 2 fully saturated rings. The van der Waals surface area contributed by atoms with Gasteiger partial charge in [0.25, 0.3) is 0 Å². The Hall–Kier alpha value is -1.92. The second kappa shape index (κ2) is 6.18. The Kier molecular flexibility index (Phi) is 4.02. The van der Waals surface area contributed by atoms with E-state index in [1.165, 1.54) is 12.8 Å². The number of amides is 2. The van der Waals surface area contributed by atoms with Crippen molar-refractivity contribution < 1.29 is 9.59 Å². The predicted molar refractivity (Wildman–Crippen MR) is 87.1 cm³/mol. The second-order valence-corrected chi connectivity index (χ2v) is 7.40. The van der Waals surface area contributed by atoms with Crippen molar-refractivity contribution in [2.24, 2.45) is 5.92 Å². The number of fused-ring (bicyclic) bond motifs is 1. The molecule has 0 bridgehead atoms. The van der Waals surface area contributed by atoms with Crippen molar-refractivity contribution in [2.45, 2.75) is 70.5 Å². The largest absolute Gasteiger partial charge is 0.351 e. The Morgan fingerprint density at radius 3 is 2.75 bits per heavy atom. The van der Waals surface area contributed by atoms with Crippen LogP contribution in [0.5, 0.6) is 0 Å². The molecule has 0 spiro atoms. The minimum absolute atomic E-state index is 0.0306. The molecule has 0 unspecified atom stereocenters. The van der Waals surface area contributed by atoms with Gasteiger partial charge in [-0.15, -0.1) is 10.2 Å². The third-order valence-electron chi connectivity index (χ3n) is 5.77. The molecule has 1 saturated heterocycles. The fourth-order valence-corrected chi connectivity index (χ4v) is 4.38. The van der Waals surface area contributed by atoms with Crippen LogP contribution in [0.2, 0.25) is 0 Å². The van der Waals surface area contributed by atoms with Crippen LogP contribution in [0.3, 0.4) is 0 Å². The van der Waals surface area contributed by atoms with Gasteiger partial charge in [-0.1, -0.05) is 12.8 Å². The monoisotopic (exact) mass is 331 g/mol. The molecule has 7 heteroatoms. The first-order valence-corrected chi connectivity index (χ1v) is 9.10. The van der Waals surface area contributed by atoms with Crippen LogP contribution in [-0.4, -0.2) is 50.1 Å².